The molecule has 0 saturated carbocycles. The van der Waals surface area contributed by atoms with Crippen LogP contribution in [0.15, 0.2) is 30.3 Å². The molecule has 0 saturated heterocycles. The van der Waals surface area contributed by atoms with Gasteiger partial charge in [0.25, 0.3) is 0 Å². The molecular weight excluding hydrogens is 258 g/mol. The number of carbonyl (C=O) groups excluding carboxylic acids is 1. The largest absolute Gasteiger partial charge is 0.444 e. The Balaban J connectivity index is 2.77. The van der Waals surface area contributed by atoms with Gasteiger partial charge in [0.1, 0.15) is 5.60 Å². The third kappa shape index (κ3) is 6.04. The predicted molar refractivity (Wildman–Crippen MR) is 76.2 cm³/mol. The van der Waals surface area contributed by atoms with Gasteiger partial charge in [0.05, 0.1) is 19.3 Å². The van der Waals surface area contributed by atoms with E-state index in [-0.39, 0.29) is 6.54 Å². The van der Waals surface area contributed by atoms with Gasteiger partial charge in [-0.1, -0.05) is 30.3 Å². The maximum absolute atomic E-state index is 12.1. The van der Waals surface area contributed by atoms with Gasteiger partial charge < -0.3 is 19.8 Å². The van der Waals surface area contributed by atoms with Crippen molar-refractivity contribution in [2.45, 2.75) is 39.0 Å². The Morgan fingerprint density at radius 1 is 1.30 bits per heavy atom. The van der Waals surface area contributed by atoms with Crippen molar-refractivity contribution >= 4 is 6.09 Å². The zero-order chi connectivity index (χ0) is 15.2. The fourth-order valence-electron chi connectivity index (χ4n) is 1.65. The molecule has 0 spiro atoms. The summed E-state index contributed by atoms with van der Waals surface area (Å²) in [6, 6.07) is 9.44. The van der Waals surface area contributed by atoms with Gasteiger partial charge in [-0.3, -0.25) is 0 Å². The van der Waals surface area contributed by atoms with Crippen molar-refractivity contribution < 1.29 is 19.7 Å². The molecule has 1 aromatic carbocycles. The fourth-order valence-corrected chi connectivity index (χ4v) is 1.65. The highest BCUT2D eigenvalue weighted by atomic mass is 16.6. The summed E-state index contributed by atoms with van der Waals surface area (Å²) in [5, 5.41) is 18.5. The molecule has 0 heterocycles. The van der Waals surface area contributed by atoms with Crippen molar-refractivity contribution in [1.29, 1.82) is 0 Å². The number of hydrogen-bond donors (Lipinski definition) is 2. The van der Waals surface area contributed by atoms with E-state index in [9.17, 15) is 9.90 Å². The molecule has 20 heavy (non-hydrogen) atoms. The Bertz CT molecular complexity index is 414. The van der Waals surface area contributed by atoms with Crippen LogP contribution in [-0.4, -0.2) is 46.1 Å². The Morgan fingerprint density at radius 3 is 2.40 bits per heavy atom. The lowest BCUT2D eigenvalue weighted by Gasteiger charge is -2.28. The summed E-state index contributed by atoms with van der Waals surface area (Å²) in [6.07, 6.45) is -1.49. The molecule has 0 fully saturated rings. The summed E-state index contributed by atoms with van der Waals surface area (Å²) in [5.41, 5.74) is 0.333. The van der Waals surface area contributed by atoms with E-state index in [1.54, 1.807) is 20.8 Å². The minimum atomic E-state index is -0.980. The highest BCUT2D eigenvalue weighted by Crippen LogP contribution is 2.13. The maximum atomic E-state index is 12.1. The van der Waals surface area contributed by atoms with Crippen LogP contribution in [0.2, 0.25) is 0 Å². The van der Waals surface area contributed by atoms with Gasteiger partial charge in [-0.25, -0.2) is 4.79 Å². The topological polar surface area (TPSA) is 70.0 Å². The lowest BCUT2D eigenvalue weighted by Crippen LogP contribution is -2.41. The van der Waals surface area contributed by atoms with E-state index in [0.29, 0.717) is 6.54 Å². The Labute approximate surface area is 119 Å². The van der Waals surface area contributed by atoms with Crippen LogP contribution in [0, 0.1) is 0 Å². The van der Waals surface area contributed by atoms with E-state index < -0.39 is 24.4 Å². The quantitative estimate of drug-likeness (QED) is 0.863. The molecule has 2 N–H and O–H groups in total. The molecule has 0 bridgehead atoms. The number of rotatable bonds is 5. The lowest BCUT2D eigenvalue weighted by atomic mass is 10.2. The van der Waals surface area contributed by atoms with Crippen molar-refractivity contribution in [2.24, 2.45) is 0 Å². The van der Waals surface area contributed by atoms with Crippen LogP contribution < -0.4 is 0 Å². The monoisotopic (exact) mass is 281 g/mol. The van der Waals surface area contributed by atoms with E-state index >= 15 is 0 Å². The van der Waals surface area contributed by atoms with Gasteiger partial charge in [0, 0.05) is 6.54 Å². The van der Waals surface area contributed by atoms with Gasteiger partial charge >= 0.3 is 6.09 Å². The Hall–Kier alpha value is -1.59. The summed E-state index contributed by atoms with van der Waals surface area (Å²) in [5.74, 6) is 0. The third-order valence-electron chi connectivity index (χ3n) is 2.51. The van der Waals surface area contributed by atoms with Crippen molar-refractivity contribution in [3.63, 3.8) is 0 Å². The van der Waals surface area contributed by atoms with Gasteiger partial charge in [-0.15, -0.1) is 0 Å². The van der Waals surface area contributed by atoms with Crippen LogP contribution in [0.4, 0.5) is 4.79 Å². The number of ether oxygens (including phenoxy) is 1. The van der Waals surface area contributed by atoms with E-state index in [0.717, 1.165) is 5.56 Å². The van der Waals surface area contributed by atoms with Crippen molar-refractivity contribution in [1.82, 2.24) is 4.90 Å². The lowest BCUT2D eigenvalue weighted by molar-refractivity contribution is 0.00536. The second-order valence-corrected chi connectivity index (χ2v) is 5.68. The molecule has 112 valence electrons. The molecule has 1 aromatic rings. The molecule has 5 heteroatoms. The number of aliphatic hydroxyl groups is 2. The van der Waals surface area contributed by atoms with Crippen LogP contribution in [-0.2, 0) is 11.3 Å². The first-order valence-corrected chi connectivity index (χ1v) is 6.62. The first-order valence-electron chi connectivity index (χ1n) is 6.62. The zero-order valence-electron chi connectivity index (χ0n) is 12.2. The van der Waals surface area contributed by atoms with Crippen LogP contribution in [0.25, 0.3) is 0 Å². The first-order chi connectivity index (χ1) is 9.31. The molecule has 0 aliphatic rings. The van der Waals surface area contributed by atoms with E-state index in [2.05, 4.69) is 0 Å². The molecule has 1 amide bonds. The van der Waals surface area contributed by atoms with E-state index in [1.165, 1.54) is 4.90 Å². The maximum Gasteiger partial charge on any atom is 0.410 e. The highest BCUT2D eigenvalue weighted by molar-refractivity contribution is 5.68. The molecule has 0 unspecified atom stereocenters. The smallest absolute Gasteiger partial charge is 0.410 e. The Kier molecular flexibility index (Phi) is 5.98. The van der Waals surface area contributed by atoms with Gasteiger partial charge in [-0.05, 0) is 26.3 Å². The molecule has 1 rings (SSSR count). The number of aliphatic hydroxyl groups excluding tert-OH is 2. The van der Waals surface area contributed by atoms with Crippen molar-refractivity contribution in [3.8, 4) is 0 Å². The van der Waals surface area contributed by atoms with E-state index in [1.807, 2.05) is 30.3 Å². The minimum absolute atomic E-state index is 0.0281. The summed E-state index contributed by atoms with van der Waals surface area (Å²) in [4.78, 5) is 13.5. The van der Waals surface area contributed by atoms with Gasteiger partial charge in [0.15, 0.2) is 0 Å². The standard InChI is InChI=1S/C15H23NO4/c1-15(2,3)20-14(19)16(10-13(18)11-17)9-12-7-5-4-6-8-12/h4-8,13,17-18H,9-11H2,1-3H3/t13-/m0/s1. The van der Waals surface area contributed by atoms with Crippen LogP contribution in [0.1, 0.15) is 26.3 Å². The number of nitrogens with zero attached hydrogens (tertiary/aromatic N) is 1. The second kappa shape index (κ2) is 7.26. The van der Waals surface area contributed by atoms with Gasteiger partial charge in [0.2, 0.25) is 0 Å². The normalized spacial score (nSPS) is 12.8. The molecule has 0 aliphatic carbocycles. The molecule has 0 radical (unpaired) electrons. The van der Waals surface area contributed by atoms with E-state index in [4.69, 9.17) is 9.84 Å². The molecule has 5 nitrogen and oxygen atoms in total. The number of amides is 1. The molecular formula is C15H23NO4. The molecule has 0 aromatic heterocycles. The van der Waals surface area contributed by atoms with Crippen LogP contribution in [0.3, 0.4) is 0 Å². The minimum Gasteiger partial charge on any atom is -0.444 e. The molecule has 0 aliphatic heterocycles. The number of carbonyl (C=O) groups is 1. The summed E-state index contributed by atoms with van der Waals surface area (Å²) < 4.78 is 5.31. The highest BCUT2D eigenvalue weighted by Gasteiger charge is 2.24. The van der Waals surface area contributed by atoms with Crippen molar-refractivity contribution in [3.05, 3.63) is 35.9 Å². The summed E-state index contributed by atoms with van der Waals surface area (Å²) >= 11 is 0. The van der Waals surface area contributed by atoms with Crippen LogP contribution in [0.5, 0.6) is 0 Å². The number of benzene rings is 1. The predicted octanol–water partition coefficient (Wildman–Crippen LogP) is 1.78. The SMILES string of the molecule is CC(C)(C)OC(=O)N(Cc1ccccc1)C[C@H](O)CO. The average Bonchev–Trinajstić information content (AvgIpc) is 2.37. The zero-order valence-corrected chi connectivity index (χ0v) is 12.2. The van der Waals surface area contributed by atoms with Gasteiger partial charge in [-0.2, -0.15) is 0 Å². The Morgan fingerprint density at radius 2 is 1.90 bits per heavy atom. The first kappa shape index (κ1) is 16.5. The second-order valence-electron chi connectivity index (χ2n) is 5.68. The third-order valence-corrected chi connectivity index (χ3v) is 2.51. The van der Waals surface area contributed by atoms with Crippen molar-refractivity contribution in [2.75, 3.05) is 13.2 Å². The molecule has 1 atom stereocenters. The summed E-state index contributed by atoms with van der Waals surface area (Å²) in [6.45, 7) is 5.32. The number of hydrogen-bond acceptors (Lipinski definition) is 4. The van der Waals surface area contributed by atoms with Crippen LogP contribution >= 0.6 is 0 Å². The summed E-state index contributed by atoms with van der Waals surface area (Å²) in [7, 11) is 0. The fraction of sp³-hybridized carbons (Fsp3) is 0.533. The average molecular weight is 281 g/mol.